The molecular formula is C21H18FN3OS. The molecule has 0 saturated carbocycles. The van der Waals surface area contributed by atoms with E-state index in [0.29, 0.717) is 18.3 Å². The minimum absolute atomic E-state index is 0.0479. The highest BCUT2D eigenvalue weighted by molar-refractivity contribution is 7.10. The molecule has 4 rings (SSSR count). The Morgan fingerprint density at radius 1 is 1.07 bits per heavy atom. The van der Waals surface area contributed by atoms with Crippen molar-refractivity contribution in [3.05, 3.63) is 93.8 Å². The fourth-order valence-corrected chi connectivity index (χ4v) is 3.66. The minimum atomic E-state index is -0.291. The van der Waals surface area contributed by atoms with Crippen molar-refractivity contribution < 1.29 is 8.91 Å². The molecule has 0 spiro atoms. The molecule has 6 heteroatoms. The second kappa shape index (κ2) is 7.82. The Morgan fingerprint density at radius 2 is 1.85 bits per heavy atom. The van der Waals surface area contributed by atoms with Gasteiger partial charge in [-0.15, -0.1) is 11.3 Å². The third-order valence-electron chi connectivity index (χ3n) is 4.27. The molecule has 0 aliphatic heterocycles. The van der Waals surface area contributed by atoms with Crippen LogP contribution in [-0.4, -0.2) is 10.1 Å². The van der Waals surface area contributed by atoms with Gasteiger partial charge >= 0.3 is 0 Å². The van der Waals surface area contributed by atoms with Gasteiger partial charge in [0.25, 0.3) is 0 Å². The fraction of sp³-hybridized carbons (Fsp3) is 0.143. The highest BCUT2D eigenvalue weighted by atomic mass is 32.1. The van der Waals surface area contributed by atoms with Crippen molar-refractivity contribution in [1.82, 2.24) is 15.5 Å². The van der Waals surface area contributed by atoms with E-state index in [1.54, 1.807) is 23.5 Å². The van der Waals surface area contributed by atoms with E-state index in [2.05, 4.69) is 58.1 Å². The summed E-state index contributed by atoms with van der Waals surface area (Å²) < 4.78 is 18.4. The predicted molar refractivity (Wildman–Crippen MR) is 104 cm³/mol. The molecular weight excluding hydrogens is 361 g/mol. The lowest BCUT2D eigenvalue weighted by Gasteiger charge is -2.17. The van der Waals surface area contributed by atoms with E-state index in [1.165, 1.54) is 28.1 Å². The number of aromatic nitrogens is 2. The summed E-state index contributed by atoms with van der Waals surface area (Å²) in [5.41, 5.74) is 3.13. The fourth-order valence-electron chi connectivity index (χ4n) is 2.83. The van der Waals surface area contributed by atoms with Crippen LogP contribution in [0.25, 0.3) is 11.4 Å². The van der Waals surface area contributed by atoms with Crippen molar-refractivity contribution in [3.8, 4) is 11.4 Å². The second-order valence-electron chi connectivity index (χ2n) is 6.26. The minimum Gasteiger partial charge on any atom is -0.338 e. The van der Waals surface area contributed by atoms with Crippen LogP contribution in [-0.2, 0) is 6.54 Å². The van der Waals surface area contributed by atoms with E-state index < -0.39 is 0 Å². The zero-order chi connectivity index (χ0) is 18.6. The topological polar surface area (TPSA) is 51.0 Å². The number of aryl methyl sites for hydroxylation is 1. The van der Waals surface area contributed by atoms with Crippen LogP contribution in [0.2, 0.25) is 0 Å². The second-order valence-corrected chi connectivity index (χ2v) is 7.24. The van der Waals surface area contributed by atoms with Gasteiger partial charge in [0.15, 0.2) is 0 Å². The molecule has 0 aliphatic rings. The number of thiophene rings is 1. The lowest BCUT2D eigenvalue weighted by atomic mass is 10.0. The monoisotopic (exact) mass is 379 g/mol. The first-order chi connectivity index (χ1) is 13.2. The molecule has 0 aliphatic carbocycles. The molecule has 1 N–H and O–H groups in total. The van der Waals surface area contributed by atoms with Crippen LogP contribution in [0.5, 0.6) is 0 Å². The van der Waals surface area contributed by atoms with Gasteiger partial charge in [-0.05, 0) is 48.2 Å². The van der Waals surface area contributed by atoms with Gasteiger partial charge in [-0.25, -0.2) is 4.39 Å². The first kappa shape index (κ1) is 17.6. The van der Waals surface area contributed by atoms with Gasteiger partial charge in [-0.1, -0.05) is 41.1 Å². The normalized spacial score (nSPS) is 12.2. The summed E-state index contributed by atoms with van der Waals surface area (Å²) in [4.78, 5) is 5.63. The van der Waals surface area contributed by atoms with Crippen LogP contribution < -0.4 is 5.32 Å². The van der Waals surface area contributed by atoms with Crippen LogP contribution in [0.4, 0.5) is 4.39 Å². The number of hydrogen-bond donors (Lipinski definition) is 1. The number of nitrogens with zero attached hydrogens (tertiary/aromatic N) is 2. The summed E-state index contributed by atoms with van der Waals surface area (Å²) in [5.74, 6) is 0.652. The number of benzene rings is 2. The lowest BCUT2D eigenvalue weighted by molar-refractivity contribution is 0.363. The number of hydrogen-bond acceptors (Lipinski definition) is 5. The molecule has 0 saturated heterocycles. The van der Waals surface area contributed by atoms with Crippen LogP contribution in [0.1, 0.15) is 27.9 Å². The highest BCUT2D eigenvalue weighted by Gasteiger charge is 2.17. The van der Waals surface area contributed by atoms with E-state index in [1.807, 2.05) is 6.07 Å². The summed E-state index contributed by atoms with van der Waals surface area (Å²) in [6, 6.07) is 18.7. The molecule has 1 atom stereocenters. The molecule has 4 nitrogen and oxygen atoms in total. The standard InChI is InChI=1S/C21H18FN3OS/c1-14-4-6-15(7-5-14)20(18-3-2-12-27-18)23-13-19-24-21(25-26-19)16-8-10-17(22)11-9-16/h2-12,20,23H,13H2,1H3/t20-/m0/s1. The molecule has 0 fully saturated rings. The highest BCUT2D eigenvalue weighted by Crippen LogP contribution is 2.27. The SMILES string of the molecule is Cc1ccc([C@H](NCc2nc(-c3ccc(F)cc3)no2)c2cccs2)cc1. The maximum atomic E-state index is 13.1. The van der Waals surface area contributed by atoms with Crippen LogP contribution >= 0.6 is 11.3 Å². The Kier molecular flexibility index (Phi) is 5.09. The quantitative estimate of drug-likeness (QED) is 0.505. The zero-order valence-corrected chi connectivity index (χ0v) is 15.5. The molecule has 0 bridgehead atoms. The smallest absolute Gasteiger partial charge is 0.240 e. The van der Waals surface area contributed by atoms with Crippen molar-refractivity contribution in [2.45, 2.75) is 19.5 Å². The Labute approximate surface area is 160 Å². The molecule has 27 heavy (non-hydrogen) atoms. The molecule has 2 aromatic carbocycles. The molecule has 2 aromatic heterocycles. The number of nitrogens with one attached hydrogen (secondary N) is 1. The molecule has 4 aromatic rings. The van der Waals surface area contributed by atoms with Gasteiger partial charge in [0.05, 0.1) is 12.6 Å². The van der Waals surface area contributed by atoms with Crippen molar-refractivity contribution in [1.29, 1.82) is 0 Å². The van der Waals surface area contributed by atoms with Gasteiger partial charge < -0.3 is 4.52 Å². The molecule has 0 radical (unpaired) electrons. The van der Waals surface area contributed by atoms with Gasteiger partial charge in [0.2, 0.25) is 11.7 Å². The Bertz CT molecular complexity index is 995. The van der Waals surface area contributed by atoms with Gasteiger partial charge in [0, 0.05) is 10.4 Å². The van der Waals surface area contributed by atoms with Crippen molar-refractivity contribution >= 4 is 11.3 Å². The molecule has 0 amide bonds. The Hall–Kier alpha value is -2.83. The third-order valence-corrected chi connectivity index (χ3v) is 5.20. The summed E-state index contributed by atoms with van der Waals surface area (Å²) in [7, 11) is 0. The van der Waals surface area contributed by atoms with E-state index in [4.69, 9.17) is 4.52 Å². The average molecular weight is 379 g/mol. The van der Waals surface area contributed by atoms with Crippen molar-refractivity contribution in [2.75, 3.05) is 0 Å². The van der Waals surface area contributed by atoms with Crippen LogP contribution in [0, 0.1) is 12.7 Å². The van der Waals surface area contributed by atoms with Crippen LogP contribution in [0.15, 0.2) is 70.6 Å². The number of rotatable bonds is 6. The van der Waals surface area contributed by atoms with E-state index in [-0.39, 0.29) is 11.9 Å². The van der Waals surface area contributed by atoms with Gasteiger partial charge in [-0.2, -0.15) is 4.98 Å². The van der Waals surface area contributed by atoms with Crippen LogP contribution in [0.3, 0.4) is 0 Å². The maximum absolute atomic E-state index is 13.1. The average Bonchev–Trinajstić information content (AvgIpc) is 3.36. The van der Waals surface area contributed by atoms with E-state index in [0.717, 1.165) is 5.56 Å². The zero-order valence-electron chi connectivity index (χ0n) is 14.7. The Morgan fingerprint density at radius 3 is 2.56 bits per heavy atom. The van der Waals surface area contributed by atoms with Crippen molar-refractivity contribution in [3.63, 3.8) is 0 Å². The first-order valence-corrected chi connectivity index (χ1v) is 9.49. The summed E-state index contributed by atoms with van der Waals surface area (Å²) >= 11 is 1.70. The van der Waals surface area contributed by atoms with Crippen molar-refractivity contribution in [2.24, 2.45) is 0 Å². The summed E-state index contributed by atoms with van der Waals surface area (Å²) in [6.07, 6.45) is 0. The van der Waals surface area contributed by atoms with Gasteiger partial charge in [-0.3, -0.25) is 5.32 Å². The third kappa shape index (κ3) is 4.13. The van der Waals surface area contributed by atoms with E-state index in [9.17, 15) is 4.39 Å². The maximum Gasteiger partial charge on any atom is 0.240 e. The Balaban J connectivity index is 1.51. The summed E-state index contributed by atoms with van der Waals surface area (Å²) in [6.45, 7) is 2.51. The molecule has 136 valence electrons. The lowest BCUT2D eigenvalue weighted by Crippen LogP contribution is -2.21. The first-order valence-electron chi connectivity index (χ1n) is 8.61. The molecule has 2 heterocycles. The van der Waals surface area contributed by atoms with E-state index >= 15 is 0 Å². The largest absolute Gasteiger partial charge is 0.338 e. The summed E-state index contributed by atoms with van der Waals surface area (Å²) in [5, 5.41) is 9.56. The molecule has 0 unspecified atom stereocenters. The predicted octanol–water partition coefficient (Wildman–Crippen LogP) is 5.12. The number of halogens is 1. The van der Waals surface area contributed by atoms with Gasteiger partial charge in [0.1, 0.15) is 5.82 Å².